The summed E-state index contributed by atoms with van der Waals surface area (Å²) in [4.78, 5) is 6.11. The molecule has 2 nitrogen and oxygen atoms in total. The Morgan fingerprint density at radius 1 is 1.22 bits per heavy atom. The summed E-state index contributed by atoms with van der Waals surface area (Å²) in [6.07, 6.45) is 1.91. The zero-order chi connectivity index (χ0) is 13.1. The lowest BCUT2D eigenvalue weighted by atomic mass is 10.0. The van der Waals surface area contributed by atoms with E-state index < -0.39 is 0 Å². The van der Waals surface area contributed by atoms with Crippen molar-refractivity contribution in [3.05, 3.63) is 39.2 Å². The molecular formula is C15H20N2S. The number of rotatable bonds is 4. The van der Waals surface area contributed by atoms with Crippen molar-refractivity contribution in [3.8, 4) is 11.3 Å². The summed E-state index contributed by atoms with van der Waals surface area (Å²) in [6, 6.07) is 6.57. The molecule has 0 fully saturated rings. The van der Waals surface area contributed by atoms with Crippen molar-refractivity contribution in [1.29, 1.82) is 0 Å². The van der Waals surface area contributed by atoms with Gasteiger partial charge in [0.05, 0.1) is 10.7 Å². The van der Waals surface area contributed by atoms with Crippen molar-refractivity contribution in [3.63, 3.8) is 0 Å². The highest BCUT2D eigenvalue weighted by Gasteiger charge is 2.11. The Morgan fingerprint density at radius 2 is 2.00 bits per heavy atom. The van der Waals surface area contributed by atoms with Crippen molar-refractivity contribution in [2.24, 2.45) is 5.73 Å². The van der Waals surface area contributed by atoms with Crippen molar-refractivity contribution < 1.29 is 0 Å². The third-order valence-corrected chi connectivity index (χ3v) is 4.46. The van der Waals surface area contributed by atoms with Crippen LogP contribution in [0.1, 0.15) is 27.9 Å². The van der Waals surface area contributed by atoms with Crippen LogP contribution in [0.15, 0.2) is 18.2 Å². The maximum absolute atomic E-state index is 5.61. The molecule has 0 spiro atoms. The molecule has 0 amide bonds. The number of nitrogens with two attached hydrogens (primary N) is 1. The normalized spacial score (nSPS) is 10.9. The van der Waals surface area contributed by atoms with E-state index in [9.17, 15) is 0 Å². The molecule has 0 unspecified atom stereocenters. The number of aromatic nitrogens is 1. The standard InChI is InChI=1S/C15H20N2S/c1-4-13-15(17-14(18-13)7-8-16)12-6-5-10(2)11(3)9-12/h5-6,9H,4,7-8,16H2,1-3H3. The molecule has 0 saturated carbocycles. The molecule has 0 aliphatic rings. The Balaban J connectivity index is 2.44. The summed E-state index contributed by atoms with van der Waals surface area (Å²) in [5.41, 5.74) is 10.6. The van der Waals surface area contributed by atoms with E-state index in [0.717, 1.165) is 23.5 Å². The maximum Gasteiger partial charge on any atom is 0.0948 e. The summed E-state index contributed by atoms with van der Waals surface area (Å²) in [5, 5.41) is 1.16. The molecule has 96 valence electrons. The van der Waals surface area contributed by atoms with Gasteiger partial charge in [0.2, 0.25) is 0 Å². The number of nitrogens with zero attached hydrogens (tertiary/aromatic N) is 1. The molecule has 2 rings (SSSR count). The first-order valence-electron chi connectivity index (χ1n) is 6.42. The topological polar surface area (TPSA) is 38.9 Å². The first-order chi connectivity index (χ1) is 8.65. The summed E-state index contributed by atoms with van der Waals surface area (Å²) in [5.74, 6) is 0. The molecule has 1 aromatic carbocycles. The quantitative estimate of drug-likeness (QED) is 0.914. The average Bonchev–Trinajstić information content (AvgIpc) is 2.76. The minimum atomic E-state index is 0.670. The minimum absolute atomic E-state index is 0.670. The highest BCUT2D eigenvalue weighted by Crippen LogP contribution is 2.30. The lowest BCUT2D eigenvalue weighted by Gasteiger charge is -2.04. The van der Waals surface area contributed by atoms with Gasteiger partial charge < -0.3 is 5.73 Å². The Kier molecular flexibility index (Phi) is 4.15. The second kappa shape index (κ2) is 5.63. The number of hydrogen-bond acceptors (Lipinski definition) is 3. The van der Waals surface area contributed by atoms with Crippen molar-refractivity contribution in [2.45, 2.75) is 33.6 Å². The third-order valence-electron chi connectivity index (χ3n) is 3.20. The molecular weight excluding hydrogens is 240 g/mol. The molecule has 1 aromatic heterocycles. The van der Waals surface area contributed by atoms with Crippen molar-refractivity contribution >= 4 is 11.3 Å². The van der Waals surface area contributed by atoms with Crippen LogP contribution in [0.25, 0.3) is 11.3 Å². The molecule has 0 atom stereocenters. The first-order valence-corrected chi connectivity index (χ1v) is 7.23. The lowest BCUT2D eigenvalue weighted by Crippen LogP contribution is -2.01. The highest BCUT2D eigenvalue weighted by atomic mass is 32.1. The van der Waals surface area contributed by atoms with Crippen LogP contribution in [-0.2, 0) is 12.8 Å². The van der Waals surface area contributed by atoms with Gasteiger partial charge in [-0.25, -0.2) is 4.98 Å². The van der Waals surface area contributed by atoms with Gasteiger partial charge in [-0.05, 0) is 44.0 Å². The Morgan fingerprint density at radius 3 is 2.61 bits per heavy atom. The Bertz CT molecular complexity index is 543. The van der Waals surface area contributed by atoms with Gasteiger partial charge in [0, 0.05) is 16.9 Å². The number of thiazole rings is 1. The number of aryl methyl sites for hydroxylation is 3. The van der Waals surface area contributed by atoms with Gasteiger partial charge in [-0.1, -0.05) is 19.1 Å². The van der Waals surface area contributed by atoms with Gasteiger partial charge in [0.25, 0.3) is 0 Å². The smallest absolute Gasteiger partial charge is 0.0948 e. The van der Waals surface area contributed by atoms with Gasteiger partial charge in [0.1, 0.15) is 0 Å². The van der Waals surface area contributed by atoms with E-state index in [0.29, 0.717) is 6.54 Å². The predicted octanol–water partition coefficient (Wildman–Crippen LogP) is 3.49. The van der Waals surface area contributed by atoms with Crippen LogP contribution in [0, 0.1) is 13.8 Å². The van der Waals surface area contributed by atoms with Crippen molar-refractivity contribution in [1.82, 2.24) is 4.98 Å². The Labute approximate surface area is 113 Å². The molecule has 2 N–H and O–H groups in total. The monoisotopic (exact) mass is 260 g/mol. The van der Waals surface area contributed by atoms with E-state index in [-0.39, 0.29) is 0 Å². The van der Waals surface area contributed by atoms with Crippen molar-refractivity contribution in [2.75, 3.05) is 6.54 Å². The second-order valence-electron chi connectivity index (χ2n) is 4.57. The van der Waals surface area contributed by atoms with Crippen LogP contribution in [0.4, 0.5) is 0 Å². The molecule has 18 heavy (non-hydrogen) atoms. The van der Waals surface area contributed by atoms with E-state index in [4.69, 9.17) is 10.7 Å². The maximum atomic E-state index is 5.61. The molecule has 2 aromatic rings. The van der Waals surface area contributed by atoms with Crippen LogP contribution in [0.5, 0.6) is 0 Å². The van der Waals surface area contributed by atoms with E-state index >= 15 is 0 Å². The van der Waals surface area contributed by atoms with Crippen LogP contribution in [0.3, 0.4) is 0 Å². The lowest BCUT2D eigenvalue weighted by molar-refractivity contribution is 0.953. The van der Waals surface area contributed by atoms with E-state index in [1.54, 1.807) is 11.3 Å². The molecule has 1 heterocycles. The van der Waals surface area contributed by atoms with Gasteiger partial charge in [0.15, 0.2) is 0 Å². The number of hydrogen-bond donors (Lipinski definition) is 1. The molecule has 0 aliphatic heterocycles. The number of benzene rings is 1. The molecule has 0 aliphatic carbocycles. The van der Waals surface area contributed by atoms with Gasteiger partial charge in [-0.2, -0.15) is 0 Å². The van der Waals surface area contributed by atoms with E-state index in [1.807, 2.05) is 0 Å². The fourth-order valence-corrected chi connectivity index (χ4v) is 3.03. The molecule has 0 saturated heterocycles. The minimum Gasteiger partial charge on any atom is -0.330 e. The second-order valence-corrected chi connectivity index (χ2v) is 5.74. The largest absolute Gasteiger partial charge is 0.330 e. The van der Waals surface area contributed by atoms with Gasteiger partial charge >= 0.3 is 0 Å². The first kappa shape index (κ1) is 13.2. The van der Waals surface area contributed by atoms with Gasteiger partial charge in [-0.3, -0.25) is 0 Å². The molecule has 0 radical (unpaired) electrons. The molecule has 3 heteroatoms. The summed E-state index contributed by atoms with van der Waals surface area (Å²) >= 11 is 1.80. The summed E-state index contributed by atoms with van der Waals surface area (Å²) < 4.78 is 0. The van der Waals surface area contributed by atoms with Crippen LogP contribution in [-0.4, -0.2) is 11.5 Å². The zero-order valence-corrected chi connectivity index (χ0v) is 12.1. The van der Waals surface area contributed by atoms with Crippen LogP contribution < -0.4 is 5.73 Å². The average molecular weight is 260 g/mol. The summed E-state index contributed by atoms with van der Waals surface area (Å²) in [7, 11) is 0. The fraction of sp³-hybridized carbons (Fsp3) is 0.400. The summed E-state index contributed by atoms with van der Waals surface area (Å²) in [6.45, 7) is 7.14. The van der Waals surface area contributed by atoms with E-state index in [1.165, 1.54) is 21.6 Å². The molecule has 0 bridgehead atoms. The highest BCUT2D eigenvalue weighted by molar-refractivity contribution is 7.12. The zero-order valence-electron chi connectivity index (χ0n) is 11.3. The third kappa shape index (κ3) is 2.62. The van der Waals surface area contributed by atoms with Crippen LogP contribution in [0.2, 0.25) is 0 Å². The Hall–Kier alpha value is -1.19. The fourth-order valence-electron chi connectivity index (χ4n) is 1.98. The van der Waals surface area contributed by atoms with Crippen LogP contribution >= 0.6 is 11.3 Å². The predicted molar refractivity (Wildman–Crippen MR) is 79.2 cm³/mol. The van der Waals surface area contributed by atoms with Gasteiger partial charge in [-0.15, -0.1) is 11.3 Å². The SMILES string of the molecule is CCc1sc(CCN)nc1-c1ccc(C)c(C)c1. The van der Waals surface area contributed by atoms with E-state index in [2.05, 4.69) is 39.0 Å².